The van der Waals surface area contributed by atoms with Gasteiger partial charge in [0.05, 0.1) is 31.3 Å². The summed E-state index contributed by atoms with van der Waals surface area (Å²) in [5.41, 5.74) is 0.933. The highest BCUT2D eigenvalue weighted by atomic mass is 16.5. The smallest absolute Gasteiger partial charge is 0.338 e. The number of nitrogens with zero attached hydrogens (tertiary/aromatic N) is 2. The van der Waals surface area contributed by atoms with Crippen LogP contribution in [0.2, 0.25) is 0 Å². The number of urea groups is 1. The predicted molar refractivity (Wildman–Crippen MR) is 107 cm³/mol. The summed E-state index contributed by atoms with van der Waals surface area (Å²) in [4.78, 5) is 29.6. The van der Waals surface area contributed by atoms with E-state index in [0.717, 1.165) is 38.5 Å². The molecule has 2 aliphatic rings. The van der Waals surface area contributed by atoms with Gasteiger partial charge in [0.15, 0.2) is 0 Å². The Balaban J connectivity index is 1.48. The van der Waals surface area contributed by atoms with Crippen LogP contribution in [0.1, 0.15) is 24.5 Å². The number of amides is 2. The number of ether oxygens (including phenoxy) is 1. The van der Waals surface area contributed by atoms with Crippen LogP contribution in [-0.2, 0) is 16.1 Å². The van der Waals surface area contributed by atoms with E-state index in [9.17, 15) is 9.59 Å². The normalized spacial score (nSPS) is 20.7. The van der Waals surface area contributed by atoms with Crippen molar-refractivity contribution in [2.75, 3.05) is 39.3 Å². The molecule has 0 bridgehead atoms. The first-order valence-electron chi connectivity index (χ1n) is 10.1. The van der Waals surface area contributed by atoms with Gasteiger partial charge in [-0.1, -0.05) is 0 Å². The SMILES string of the molecule is CCOC(=O)C1=C(CN2CCN(Cc3ccco3)CC2)NC(=O)NC1c1ccco1. The van der Waals surface area contributed by atoms with Crippen molar-refractivity contribution in [2.45, 2.75) is 19.5 Å². The van der Waals surface area contributed by atoms with Crippen molar-refractivity contribution in [1.82, 2.24) is 20.4 Å². The first-order chi connectivity index (χ1) is 14.6. The van der Waals surface area contributed by atoms with Crippen molar-refractivity contribution >= 4 is 12.0 Å². The molecule has 2 amide bonds. The zero-order chi connectivity index (χ0) is 20.9. The number of rotatable bonds is 7. The average molecular weight is 414 g/mol. The van der Waals surface area contributed by atoms with E-state index in [4.69, 9.17) is 13.6 Å². The van der Waals surface area contributed by atoms with Gasteiger partial charge in [0.1, 0.15) is 17.6 Å². The fourth-order valence-electron chi connectivity index (χ4n) is 3.81. The monoisotopic (exact) mass is 414 g/mol. The molecular weight excluding hydrogens is 388 g/mol. The second-order valence-corrected chi connectivity index (χ2v) is 7.29. The lowest BCUT2D eigenvalue weighted by Crippen LogP contribution is -2.51. The summed E-state index contributed by atoms with van der Waals surface area (Å²) in [5.74, 6) is 0.981. The van der Waals surface area contributed by atoms with E-state index < -0.39 is 12.0 Å². The first kappa shape index (κ1) is 20.2. The zero-order valence-electron chi connectivity index (χ0n) is 16.9. The summed E-state index contributed by atoms with van der Waals surface area (Å²) in [6.07, 6.45) is 3.20. The number of hydrogen-bond donors (Lipinski definition) is 2. The standard InChI is InChI=1S/C21H26N4O5/c1-2-28-20(26)18-16(22-21(27)23-19(18)17-6-4-12-30-17)14-25-9-7-24(8-10-25)13-15-5-3-11-29-15/h3-6,11-12,19H,2,7-10,13-14H2,1H3,(H2,22,23,27). The highest BCUT2D eigenvalue weighted by Crippen LogP contribution is 2.28. The van der Waals surface area contributed by atoms with E-state index in [0.29, 0.717) is 23.6 Å². The molecule has 30 heavy (non-hydrogen) atoms. The van der Waals surface area contributed by atoms with Gasteiger partial charge < -0.3 is 24.2 Å². The number of hydrogen-bond acceptors (Lipinski definition) is 7. The summed E-state index contributed by atoms with van der Waals surface area (Å²) in [5, 5.41) is 5.58. The second-order valence-electron chi connectivity index (χ2n) is 7.29. The highest BCUT2D eigenvalue weighted by molar-refractivity contribution is 5.95. The molecule has 9 nitrogen and oxygen atoms in total. The Morgan fingerprint density at radius 3 is 2.43 bits per heavy atom. The molecule has 1 unspecified atom stereocenters. The molecule has 2 aromatic rings. The van der Waals surface area contributed by atoms with Gasteiger partial charge in [-0.2, -0.15) is 0 Å². The van der Waals surface area contributed by atoms with Gasteiger partial charge in [-0.25, -0.2) is 9.59 Å². The van der Waals surface area contributed by atoms with Crippen molar-refractivity contribution in [2.24, 2.45) is 0 Å². The molecule has 0 aliphatic carbocycles. The molecule has 4 rings (SSSR count). The molecule has 0 spiro atoms. The molecule has 2 N–H and O–H groups in total. The third kappa shape index (κ3) is 4.58. The van der Waals surface area contributed by atoms with Gasteiger partial charge in [0, 0.05) is 38.4 Å². The van der Waals surface area contributed by atoms with E-state index in [1.807, 2.05) is 12.1 Å². The van der Waals surface area contributed by atoms with Gasteiger partial charge in [0.2, 0.25) is 0 Å². The fraction of sp³-hybridized carbons (Fsp3) is 0.429. The topological polar surface area (TPSA) is 100 Å². The Morgan fingerprint density at radius 1 is 1.10 bits per heavy atom. The molecule has 1 saturated heterocycles. The molecule has 0 aromatic carbocycles. The summed E-state index contributed by atoms with van der Waals surface area (Å²) < 4.78 is 16.2. The quantitative estimate of drug-likeness (QED) is 0.667. The van der Waals surface area contributed by atoms with E-state index in [1.54, 1.807) is 25.3 Å². The molecule has 9 heteroatoms. The first-order valence-corrected chi connectivity index (χ1v) is 10.1. The average Bonchev–Trinajstić information content (AvgIpc) is 3.43. The Bertz CT molecular complexity index is 883. The zero-order valence-corrected chi connectivity index (χ0v) is 16.9. The Hall–Kier alpha value is -3.04. The molecule has 4 heterocycles. The summed E-state index contributed by atoms with van der Waals surface area (Å²) >= 11 is 0. The summed E-state index contributed by atoms with van der Waals surface area (Å²) in [6.45, 7) is 6.61. The van der Waals surface area contributed by atoms with Gasteiger partial charge in [-0.15, -0.1) is 0 Å². The van der Waals surface area contributed by atoms with E-state index in [1.165, 1.54) is 6.26 Å². The predicted octanol–water partition coefficient (Wildman–Crippen LogP) is 1.86. The maximum absolute atomic E-state index is 12.7. The van der Waals surface area contributed by atoms with Crippen LogP contribution in [0.3, 0.4) is 0 Å². The third-order valence-corrected chi connectivity index (χ3v) is 5.28. The van der Waals surface area contributed by atoms with Crippen LogP contribution >= 0.6 is 0 Å². The second kappa shape index (κ2) is 9.19. The van der Waals surface area contributed by atoms with Crippen LogP contribution in [0.5, 0.6) is 0 Å². The molecule has 1 atom stereocenters. The lowest BCUT2D eigenvalue weighted by Gasteiger charge is -2.36. The number of carbonyl (C=O) groups is 2. The van der Waals surface area contributed by atoms with Gasteiger partial charge in [0.25, 0.3) is 0 Å². The maximum atomic E-state index is 12.7. The van der Waals surface area contributed by atoms with Crippen molar-refractivity contribution < 1.29 is 23.2 Å². The largest absolute Gasteiger partial charge is 0.468 e. The molecule has 1 fully saturated rings. The molecular formula is C21H26N4O5. The van der Waals surface area contributed by atoms with Crippen LogP contribution in [0.15, 0.2) is 56.9 Å². The fourth-order valence-corrected chi connectivity index (χ4v) is 3.81. The van der Waals surface area contributed by atoms with E-state index in [2.05, 4.69) is 20.4 Å². The minimum absolute atomic E-state index is 0.250. The van der Waals surface area contributed by atoms with Crippen LogP contribution in [-0.4, -0.2) is 61.1 Å². The van der Waals surface area contributed by atoms with Crippen LogP contribution in [0, 0.1) is 0 Å². The van der Waals surface area contributed by atoms with Crippen molar-refractivity contribution in [3.8, 4) is 0 Å². The van der Waals surface area contributed by atoms with Gasteiger partial charge in [-0.3, -0.25) is 9.80 Å². The number of furan rings is 2. The van der Waals surface area contributed by atoms with Crippen LogP contribution in [0.25, 0.3) is 0 Å². The minimum Gasteiger partial charge on any atom is -0.468 e. The molecule has 160 valence electrons. The Labute approximate surface area is 174 Å². The van der Waals surface area contributed by atoms with Crippen molar-refractivity contribution in [1.29, 1.82) is 0 Å². The highest BCUT2D eigenvalue weighted by Gasteiger charge is 2.36. The third-order valence-electron chi connectivity index (χ3n) is 5.28. The van der Waals surface area contributed by atoms with E-state index in [-0.39, 0.29) is 12.6 Å². The summed E-state index contributed by atoms with van der Waals surface area (Å²) in [7, 11) is 0. The summed E-state index contributed by atoms with van der Waals surface area (Å²) in [6, 6.07) is 6.29. The molecule has 0 saturated carbocycles. The van der Waals surface area contributed by atoms with Crippen molar-refractivity contribution in [3.05, 3.63) is 59.6 Å². The van der Waals surface area contributed by atoms with Gasteiger partial charge in [-0.05, 0) is 31.2 Å². The Morgan fingerprint density at radius 2 is 1.80 bits per heavy atom. The molecule has 2 aliphatic heterocycles. The Kier molecular flexibility index (Phi) is 6.20. The van der Waals surface area contributed by atoms with E-state index >= 15 is 0 Å². The molecule has 0 radical (unpaired) electrons. The van der Waals surface area contributed by atoms with Crippen molar-refractivity contribution in [3.63, 3.8) is 0 Å². The van der Waals surface area contributed by atoms with Crippen LogP contribution in [0.4, 0.5) is 4.79 Å². The number of piperazine rings is 1. The number of carbonyl (C=O) groups excluding carboxylic acids is 2. The number of nitrogens with one attached hydrogen (secondary N) is 2. The van der Waals surface area contributed by atoms with Crippen LogP contribution < -0.4 is 10.6 Å². The lowest BCUT2D eigenvalue weighted by atomic mass is 9.99. The minimum atomic E-state index is -0.678. The lowest BCUT2D eigenvalue weighted by molar-refractivity contribution is -0.139. The molecule has 2 aromatic heterocycles. The van der Waals surface area contributed by atoms with Gasteiger partial charge >= 0.3 is 12.0 Å². The number of esters is 1. The maximum Gasteiger partial charge on any atom is 0.338 e.